The zero-order chi connectivity index (χ0) is 23.4. The molecule has 0 aliphatic carbocycles. The van der Waals surface area contributed by atoms with Gasteiger partial charge in [-0.1, -0.05) is 15.9 Å². The summed E-state index contributed by atoms with van der Waals surface area (Å²) in [6.45, 7) is 5.35. The van der Waals surface area contributed by atoms with Crippen molar-refractivity contribution in [2.45, 2.75) is 13.8 Å². The van der Waals surface area contributed by atoms with E-state index in [1.54, 1.807) is 24.0 Å². The number of hydrogen-bond acceptors (Lipinski definition) is 7. The molecule has 170 valence electrons. The first-order valence-electron chi connectivity index (χ1n) is 10.1. The minimum Gasteiger partial charge on any atom is -0.496 e. The monoisotopic (exact) mass is 505 g/mol. The Morgan fingerprint density at radius 1 is 1.16 bits per heavy atom. The molecule has 0 bridgehead atoms. The van der Waals surface area contributed by atoms with Crippen molar-refractivity contribution in [3.63, 3.8) is 0 Å². The number of anilines is 1. The largest absolute Gasteiger partial charge is 0.496 e. The van der Waals surface area contributed by atoms with Crippen LogP contribution in [-0.2, 0) is 4.74 Å². The number of nitro groups is 1. The number of nitrogens with zero attached hydrogens (tertiary/aromatic N) is 3. The average molecular weight is 506 g/mol. The smallest absolute Gasteiger partial charge is 0.338 e. The van der Waals surface area contributed by atoms with Gasteiger partial charge >= 0.3 is 5.97 Å². The number of amides is 1. The summed E-state index contributed by atoms with van der Waals surface area (Å²) in [7, 11) is 1.53. The Morgan fingerprint density at radius 3 is 2.44 bits per heavy atom. The van der Waals surface area contributed by atoms with Gasteiger partial charge < -0.3 is 19.3 Å². The molecule has 32 heavy (non-hydrogen) atoms. The molecule has 1 saturated heterocycles. The number of carbonyl (C=O) groups excluding carboxylic acids is 2. The number of benzene rings is 2. The Labute approximate surface area is 194 Å². The highest BCUT2D eigenvalue weighted by Crippen LogP contribution is 2.32. The van der Waals surface area contributed by atoms with E-state index >= 15 is 0 Å². The fourth-order valence-corrected chi connectivity index (χ4v) is 4.33. The van der Waals surface area contributed by atoms with Gasteiger partial charge in [0, 0.05) is 36.7 Å². The summed E-state index contributed by atoms with van der Waals surface area (Å²) < 4.78 is 11.2. The fraction of sp³-hybridized carbons (Fsp3) is 0.364. The summed E-state index contributed by atoms with van der Waals surface area (Å²) in [4.78, 5) is 39.8. The van der Waals surface area contributed by atoms with Crippen molar-refractivity contribution < 1.29 is 24.0 Å². The van der Waals surface area contributed by atoms with Crippen LogP contribution in [0.1, 0.15) is 33.2 Å². The van der Waals surface area contributed by atoms with Crippen LogP contribution in [0.2, 0.25) is 0 Å². The van der Waals surface area contributed by atoms with Crippen molar-refractivity contribution in [1.82, 2.24) is 4.90 Å². The summed E-state index contributed by atoms with van der Waals surface area (Å²) in [5, 5.41) is 11.6. The van der Waals surface area contributed by atoms with Gasteiger partial charge in [-0.15, -0.1) is 0 Å². The molecule has 1 aliphatic rings. The maximum Gasteiger partial charge on any atom is 0.338 e. The van der Waals surface area contributed by atoms with Crippen LogP contribution < -0.4 is 9.64 Å². The van der Waals surface area contributed by atoms with Gasteiger partial charge in [0.05, 0.1) is 29.8 Å². The Morgan fingerprint density at radius 2 is 1.84 bits per heavy atom. The van der Waals surface area contributed by atoms with Crippen LogP contribution >= 0.6 is 15.9 Å². The van der Waals surface area contributed by atoms with Crippen LogP contribution in [0.15, 0.2) is 34.8 Å². The lowest BCUT2D eigenvalue weighted by Crippen LogP contribution is -2.49. The Bertz CT molecular complexity index is 1050. The van der Waals surface area contributed by atoms with Crippen molar-refractivity contribution in [2.24, 2.45) is 0 Å². The van der Waals surface area contributed by atoms with Crippen molar-refractivity contribution in [3.8, 4) is 5.75 Å². The third kappa shape index (κ3) is 4.85. The first-order valence-corrected chi connectivity index (χ1v) is 10.9. The van der Waals surface area contributed by atoms with Crippen LogP contribution in [0.3, 0.4) is 0 Å². The highest BCUT2D eigenvalue weighted by molar-refractivity contribution is 9.10. The van der Waals surface area contributed by atoms with Gasteiger partial charge in [0.15, 0.2) is 0 Å². The molecule has 3 rings (SSSR count). The number of hydrogen-bond donors (Lipinski definition) is 0. The van der Waals surface area contributed by atoms with Crippen molar-refractivity contribution in [3.05, 3.63) is 61.6 Å². The molecule has 1 heterocycles. The molecule has 2 aromatic carbocycles. The zero-order valence-corrected chi connectivity index (χ0v) is 19.7. The highest BCUT2D eigenvalue weighted by Gasteiger charge is 2.29. The fourth-order valence-electron chi connectivity index (χ4n) is 3.76. The van der Waals surface area contributed by atoms with E-state index in [0.29, 0.717) is 43.2 Å². The van der Waals surface area contributed by atoms with E-state index in [-0.39, 0.29) is 23.8 Å². The number of ether oxygens (including phenoxy) is 2. The number of nitro benzene ring substituents is 1. The highest BCUT2D eigenvalue weighted by atomic mass is 79.9. The molecule has 0 N–H and O–H groups in total. The lowest BCUT2D eigenvalue weighted by atomic mass is 10.1. The van der Waals surface area contributed by atoms with Crippen molar-refractivity contribution >= 4 is 39.2 Å². The molecular formula is C22H24BrN3O6. The number of piperazine rings is 1. The van der Waals surface area contributed by atoms with Crippen LogP contribution in [0, 0.1) is 17.0 Å². The van der Waals surface area contributed by atoms with Gasteiger partial charge in [-0.3, -0.25) is 14.9 Å². The van der Waals surface area contributed by atoms with E-state index in [1.807, 2.05) is 17.9 Å². The van der Waals surface area contributed by atoms with Crippen molar-refractivity contribution in [2.75, 3.05) is 44.8 Å². The zero-order valence-electron chi connectivity index (χ0n) is 18.1. The average Bonchev–Trinajstić information content (AvgIpc) is 2.78. The Kier molecular flexibility index (Phi) is 7.34. The topological polar surface area (TPSA) is 102 Å². The molecule has 0 atom stereocenters. The SMILES string of the molecule is CCOC(=O)c1ccc(N2CCN(C(=O)c3cc(Br)cc(C)c3OC)CC2)c([N+](=O)[O-])c1. The van der Waals surface area contributed by atoms with E-state index in [9.17, 15) is 19.7 Å². The van der Waals surface area contributed by atoms with Gasteiger partial charge in [-0.2, -0.15) is 0 Å². The molecule has 0 unspecified atom stereocenters. The van der Waals surface area contributed by atoms with Gasteiger partial charge in [0.2, 0.25) is 0 Å². The summed E-state index contributed by atoms with van der Waals surface area (Å²) in [5.74, 6) is -0.222. The number of rotatable bonds is 6. The van der Waals surface area contributed by atoms with Crippen LogP contribution in [0.4, 0.5) is 11.4 Å². The lowest BCUT2D eigenvalue weighted by Gasteiger charge is -2.36. The third-order valence-corrected chi connectivity index (χ3v) is 5.72. The first-order chi connectivity index (χ1) is 15.3. The molecule has 0 spiro atoms. The second-order valence-electron chi connectivity index (χ2n) is 7.26. The molecule has 1 fully saturated rings. The predicted octanol–water partition coefficient (Wildman–Crippen LogP) is 3.81. The predicted molar refractivity (Wildman–Crippen MR) is 123 cm³/mol. The van der Waals surface area contributed by atoms with E-state index in [1.165, 1.54) is 19.2 Å². The second-order valence-corrected chi connectivity index (χ2v) is 8.18. The molecule has 10 heteroatoms. The maximum atomic E-state index is 13.1. The summed E-state index contributed by atoms with van der Waals surface area (Å²) >= 11 is 3.42. The number of methoxy groups -OCH3 is 1. The molecule has 1 aliphatic heterocycles. The quantitative estimate of drug-likeness (QED) is 0.334. The number of halogens is 1. The minimum atomic E-state index is -0.601. The molecule has 0 radical (unpaired) electrons. The van der Waals surface area contributed by atoms with Gasteiger partial charge in [0.1, 0.15) is 11.4 Å². The summed E-state index contributed by atoms with van der Waals surface area (Å²) in [5.41, 5.74) is 1.69. The van der Waals surface area contributed by atoms with E-state index in [4.69, 9.17) is 9.47 Å². The summed E-state index contributed by atoms with van der Waals surface area (Å²) in [6, 6.07) is 7.93. The Hall–Kier alpha value is -3.14. The number of esters is 1. The maximum absolute atomic E-state index is 13.1. The van der Waals surface area contributed by atoms with E-state index in [2.05, 4.69) is 15.9 Å². The molecule has 0 saturated carbocycles. The molecular weight excluding hydrogens is 482 g/mol. The van der Waals surface area contributed by atoms with Crippen LogP contribution in [0.25, 0.3) is 0 Å². The van der Waals surface area contributed by atoms with Crippen molar-refractivity contribution in [1.29, 1.82) is 0 Å². The van der Waals surface area contributed by atoms with Gasteiger partial charge in [-0.05, 0) is 43.7 Å². The second kappa shape index (κ2) is 9.99. The molecule has 0 aromatic heterocycles. The van der Waals surface area contributed by atoms with E-state index in [0.717, 1.165) is 10.0 Å². The molecule has 9 nitrogen and oxygen atoms in total. The summed E-state index contributed by atoms with van der Waals surface area (Å²) in [6.07, 6.45) is 0. The van der Waals surface area contributed by atoms with Gasteiger partial charge in [-0.25, -0.2) is 4.79 Å². The Balaban J connectivity index is 1.78. The molecule has 2 aromatic rings. The number of aryl methyl sites for hydroxylation is 1. The standard InChI is InChI=1S/C22H24BrN3O6/c1-4-32-22(28)15-5-6-18(19(12-15)26(29)30)24-7-9-25(10-8-24)21(27)17-13-16(23)11-14(2)20(17)31-3/h5-6,11-13H,4,7-10H2,1-3H3. The van der Waals surface area contributed by atoms with Crippen LogP contribution in [-0.4, -0.2) is 61.6 Å². The third-order valence-electron chi connectivity index (χ3n) is 5.26. The minimum absolute atomic E-state index is 0.133. The lowest BCUT2D eigenvalue weighted by molar-refractivity contribution is -0.384. The number of carbonyl (C=O) groups is 2. The molecule has 1 amide bonds. The van der Waals surface area contributed by atoms with Crippen LogP contribution in [0.5, 0.6) is 5.75 Å². The first kappa shape index (κ1) is 23.5. The van der Waals surface area contributed by atoms with Gasteiger partial charge in [0.25, 0.3) is 11.6 Å². The normalized spacial score (nSPS) is 13.6. The van der Waals surface area contributed by atoms with E-state index < -0.39 is 10.9 Å².